The second-order valence-electron chi connectivity index (χ2n) is 4.61. The van der Waals surface area contributed by atoms with Crippen molar-refractivity contribution in [2.75, 3.05) is 7.11 Å². The van der Waals surface area contributed by atoms with Crippen molar-refractivity contribution in [1.29, 1.82) is 0 Å². The van der Waals surface area contributed by atoms with Crippen molar-refractivity contribution in [2.24, 2.45) is 0 Å². The minimum Gasteiger partial charge on any atom is -0.381 e. The van der Waals surface area contributed by atoms with Crippen molar-refractivity contribution in [3.8, 4) is 0 Å². The zero-order chi connectivity index (χ0) is 9.19. The fourth-order valence-electron chi connectivity index (χ4n) is 1.71. The van der Waals surface area contributed by atoms with Gasteiger partial charge in [0.05, 0.1) is 14.2 Å². The van der Waals surface area contributed by atoms with Crippen molar-refractivity contribution < 1.29 is 4.74 Å². The monoisotopic (exact) mass is 184 g/mol. The molecule has 0 amide bonds. The maximum atomic E-state index is 5.32. The number of ether oxygens (including phenoxy) is 1. The first-order chi connectivity index (χ1) is 5.54. The summed E-state index contributed by atoms with van der Waals surface area (Å²) in [5, 5.41) is 1.73. The number of hydrogen-bond acceptors (Lipinski definition) is 1. The van der Waals surface area contributed by atoms with Crippen LogP contribution < -0.4 is 0 Å². The molecule has 1 aliphatic rings. The molecule has 2 heteroatoms. The van der Waals surface area contributed by atoms with Gasteiger partial charge >= 0.3 is 0 Å². The predicted molar refractivity (Wildman–Crippen MR) is 56.1 cm³/mol. The van der Waals surface area contributed by atoms with E-state index in [4.69, 9.17) is 4.74 Å². The first-order valence-electron chi connectivity index (χ1n) is 4.76. The second-order valence-corrected chi connectivity index (χ2v) is 9.75. The fraction of sp³-hybridized carbons (Fsp3) is 0.800. The highest BCUT2D eigenvalue weighted by Gasteiger charge is 2.23. The minimum absolute atomic E-state index is 0.491. The number of allylic oxidation sites excluding steroid dienone is 1. The van der Waals surface area contributed by atoms with Crippen LogP contribution >= 0.6 is 0 Å². The molecule has 0 aromatic rings. The van der Waals surface area contributed by atoms with Gasteiger partial charge in [-0.1, -0.05) is 30.9 Å². The van der Waals surface area contributed by atoms with Gasteiger partial charge < -0.3 is 4.74 Å². The summed E-state index contributed by atoms with van der Waals surface area (Å²) in [6.07, 6.45) is 6.55. The van der Waals surface area contributed by atoms with E-state index in [0.29, 0.717) is 6.10 Å². The molecule has 1 atom stereocenters. The van der Waals surface area contributed by atoms with Crippen LogP contribution in [0.2, 0.25) is 19.6 Å². The van der Waals surface area contributed by atoms with Crippen LogP contribution in [0.5, 0.6) is 0 Å². The van der Waals surface area contributed by atoms with Gasteiger partial charge in [0.2, 0.25) is 0 Å². The number of methoxy groups -OCH3 is 1. The Balaban J connectivity index is 2.56. The minimum atomic E-state index is -0.993. The van der Waals surface area contributed by atoms with Crippen LogP contribution in [0.15, 0.2) is 11.3 Å². The summed E-state index contributed by atoms with van der Waals surface area (Å²) in [6.45, 7) is 7.27. The highest BCUT2D eigenvalue weighted by molar-refractivity contribution is 6.83. The highest BCUT2D eigenvalue weighted by Crippen LogP contribution is 2.27. The molecule has 70 valence electrons. The predicted octanol–water partition coefficient (Wildman–Crippen LogP) is 2.99. The lowest BCUT2D eigenvalue weighted by atomic mass is 10.0. The lowest BCUT2D eigenvalue weighted by Gasteiger charge is -2.27. The Bertz CT molecular complexity index is 179. The van der Waals surface area contributed by atoms with E-state index >= 15 is 0 Å². The molecule has 0 saturated heterocycles. The summed E-state index contributed by atoms with van der Waals surface area (Å²) in [5.74, 6) is 0. The van der Waals surface area contributed by atoms with Gasteiger partial charge in [0.1, 0.15) is 0 Å². The summed E-state index contributed by atoms with van der Waals surface area (Å²) in [5.41, 5.74) is 0. The summed E-state index contributed by atoms with van der Waals surface area (Å²) in [7, 11) is 0.824. The van der Waals surface area contributed by atoms with Gasteiger partial charge in [-0.2, -0.15) is 0 Å². The van der Waals surface area contributed by atoms with Gasteiger partial charge in [-0.25, -0.2) is 0 Å². The van der Waals surface area contributed by atoms with Crippen LogP contribution in [-0.2, 0) is 4.74 Å². The highest BCUT2D eigenvalue weighted by atomic mass is 28.3. The SMILES string of the molecule is COC1CC=C([Si](C)(C)C)CC1. The molecule has 0 fully saturated rings. The van der Waals surface area contributed by atoms with E-state index in [9.17, 15) is 0 Å². The van der Waals surface area contributed by atoms with E-state index in [2.05, 4.69) is 25.7 Å². The van der Waals surface area contributed by atoms with Crippen LogP contribution in [0.25, 0.3) is 0 Å². The van der Waals surface area contributed by atoms with Gasteiger partial charge in [-0.3, -0.25) is 0 Å². The smallest absolute Gasteiger partial charge is 0.0720 e. The van der Waals surface area contributed by atoms with Crippen LogP contribution in [0, 0.1) is 0 Å². The average Bonchev–Trinajstić information content (AvgIpc) is 2.03. The van der Waals surface area contributed by atoms with Crippen molar-refractivity contribution in [3.63, 3.8) is 0 Å². The molecule has 1 aliphatic carbocycles. The molecule has 0 radical (unpaired) electrons. The normalized spacial score (nSPS) is 25.3. The van der Waals surface area contributed by atoms with Crippen molar-refractivity contribution in [1.82, 2.24) is 0 Å². The quantitative estimate of drug-likeness (QED) is 0.600. The Kier molecular flexibility index (Phi) is 3.13. The van der Waals surface area contributed by atoms with Crippen LogP contribution in [-0.4, -0.2) is 21.3 Å². The molecule has 0 N–H and O–H groups in total. The van der Waals surface area contributed by atoms with E-state index in [1.54, 1.807) is 5.20 Å². The molecule has 0 aromatic carbocycles. The average molecular weight is 184 g/mol. The molecule has 0 spiro atoms. The van der Waals surface area contributed by atoms with E-state index in [1.165, 1.54) is 12.8 Å². The van der Waals surface area contributed by atoms with Gasteiger partial charge in [0.25, 0.3) is 0 Å². The van der Waals surface area contributed by atoms with Crippen LogP contribution in [0.1, 0.15) is 19.3 Å². The lowest BCUT2D eigenvalue weighted by molar-refractivity contribution is 0.0947. The van der Waals surface area contributed by atoms with Crippen molar-refractivity contribution in [2.45, 2.75) is 45.0 Å². The molecule has 12 heavy (non-hydrogen) atoms. The van der Waals surface area contributed by atoms with Gasteiger partial charge in [0, 0.05) is 7.11 Å². The topological polar surface area (TPSA) is 9.23 Å². The third-order valence-electron chi connectivity index (χ3n) is 2.66. The van der Waals surface area contributed by atoms with E-state index in [0.717, 1.165) is 6.42 Å². The molecular weight excluding hydrogens is 164 g/mol. The Labute approximate surface area is 76.8 Å². The van der Waals surface area contributed by atoms with E-state index in [-0.39, 0.29) is 0 Å². The Morgan fingerprint density at radius 2 is 2.08 bits per heavy atom. The maximum absolute atomic E-state index is 5.32. The molecule has 0 aliphatic heterocycles. The Morgan fingerprint density at radius 3 is 2.42 bits per heavy atom. The molecule has 1 unspecified atom stereocenters. The zero-order valence-corrected chi connectivity index (χ0v) is 9.68. The second kappa shape index (κ2) is 3.75. The van der Waals surface area contributed by atoms with Gasteiger partial charge in [-0.05, 0) is 19.3 Å². The van der Waals surface area contributed by atoms with Gasteiger partial charge in [-0.15, -0.1) is 0 Å². The van der Waals surface area contributed by atoms with Gasteiger partial charge in [0.15, 0.2) is 0 Å². The summed E-state index contributed by atoms with van der Waals surface area (Å²) in [6, 6.07) is 0. The fourth-order valence-corrected chi connectivity index (χ4v) is 3.33. The maximum Gasteiger partial charge on any atom is 0.0720 e. The molecule has 0 heterocycles. The standard InChI is InChI=1S/C10H20OSi/c1-11-9-5-7-10(8-6-9)12(2,3)4/h7,9H,5-6,8H2,1-4H3. The molecule has 0 saturated carbocycles. The zero-order valence-electron chi connectivity index (χ0n) is 8.68. The summed E-state index contributed by atoms with van der Waals surface area (Å²) in [4.78, 5) is 0. The molecule has 0 aromatic heterocycles. The molecule has 1 nitrogen and oxygen atoms in total. The molecule has 0 bridgehead atoms. The first kappa shape index (κ1) is 10.0. The van der Waals surface area contributed by atoms with Crippen LogP contribution in [0.4, 0.5) is 0 Å². The lowest BCUT2D eigenvalue weighted by Crippen LogP contribution is -2.28. The van der Waals surface area contributed by atoms with E-state index < -0.39 is 8.07 Å². The first-order valence-corrected chi connectivity index (χ1v) is 8.26. The largest absolute Gasteiger partial charge is 0.381 e. The summed E-state index contributed by atoms with van der Waals surface area (Å²) < 4.78 is 5.32. The van der Waals surface area contributed by atoms with Crippen LogP contribution in [0.3, 0.4) is 0 Å². The van der Waals surface area contributed by atoms with Crippen molar-refractivity contribution in [3.05, 3.63) is 11.3 Å². The Hall–Kier alpha value is -0.0831. The number of hydrogen-bond donors (Lipinski definition) is 0. The number of rotatable bonds is 2. The summed E-state index contributed by atoms with van der Waals surface area (Å²) >= 11 is 0. The molecule has 1 rings (SSSR count). The molecular formula is C10H20OSi. The van der Waals surface area contributed by atoms with E-state index in [1.807, 2.05) is 7.11 Å². The third-order valence-corrected chi connectivity index (χ3v) is 5.04. The third kappa shape index (κ3) is 2.46. The van der Waals surface area contributed by atoms with Crippen molar-refractivity contribution >= 4 is 8.07 Å². The Morgan fingerprint density at radius 1 is 1.42 bits per heavy atom.